The Labute approximate surface area is 303 Å². The second-order valence-corrected chi connectivity index (χ2v) is 13.7. The predicted octanol–water partition coefficient (Wildman–Crippen LogP) is 12.4. The van der Waals surface area contributed by atoms with Crippen LogP contribution in [0, 0.1) is 0 Å². The van der Waals surface area contributed by atoms with Gasteiger partial charge in [0.05, 0.1) is 10.2 Å². The van der Waals surface area contributed by atoms with Crippen molar-refractivity contribution in [2.75, 3.05) is 0 Å². The molecule has 0 unspecified atom stereocenters. The van der Waals surface area contributed by atoms with E-state index in [0.29, 0.717) is 17.5 Å². The molecule has 6 heteroatoms. The van der Waals surface area contributed by atoms with Crippen LogP contribution in [-0.2, 0) is 0 Å². The van der Waals surface area contributed by atoms with Crippen LogP contribution in [0.3, 0.4) is 0 Å². The molecule has 10 aromatic rings. The summed E-state index contributed by atoms with van der Waals surface area (Å²) in [7, 11) is 0. The molecule has 7 aromatic carbocycles. The Morgan fingerprint density at radius 1 is 0.365 bits per heavy atom. The second kappa shape index (κ2) is 12.5. The fourth-order valence-corrected chi connectivity index (χ4v) is 7.85. The van der Waals surface area contributed by atoms with Gasteiger partial charge in [-0.15, -0.1) is 11.3 Å². The third-order valence-electron chi connectivity index (χ3n) is 9.40. The van der Waals surface area contributed by atoms with E-state index >= 15 is 0 Å². The summed E-state index contributed by atoms with van der Waals surface area (Å²) in [5.74, 6) is 1.81. The average Bonchev–Trinajstić information content (AvgIpc) is 3.83. The van der Waals surface area contributed by atoms with Gasteiger partial charge in [0.15, 0.2) is 17.5 Å². The van der Waals surface area contributed by atoms with Crippen molar-refractivity contribution < 1.29 is 4.42 Å². The Kier molecular flexibility index (Phi) is 7.25. The molecule has 0 aliphatic carbocycles. The highest BCUT2D eigenvalue weighted by atomic mass is 32.1. The van der Waals surface area contributed by atoms with E-state index in [1.165, 1.54) is 0 Å². The van der Waals surface area contributed by atoms with E-state index in [4.69, 9.17) is 24.4 Å². The summed E-state index contributed by atoms with van der Waals surface area (Å²) in [5, 5.41) is 3.10. The summed E-state index contributed by atoms with van der Waals surface area (Å²) in [6.07, 6.45) is 0. The highest BCUT2D eigenvalue weighted by Crippen LogP contribution is 2.40. The highest BCUT2D eigenvalue weighted by Gasteiger charge is 2.19. The maximum Gasteiger partial charge on any atom is 0.164 e. The lowest BCUT2D eigenvalue weighted by atomic mass is 9.93. The zero-order valence-corrected chi connectivity index (χ0v) is 28.6. The summed E-state index contributed by atoms with van der Waals surface area (Å²) in [4.78, 5) is 20.5. The van der Waals surface area contributed by atoms with E-state index in [1.807, 2.05) is 72.8 Å². The second-order valence-electron chi connectivity index (χ2n) is 12.6. The first kappa shape index (κ1) is 30.1. The molecule has 0 saturated carbocycles. The van der Waals surface area contributed by atoms with Gasteiger partial charge in [-0.2, -0.15) is 0 Å². The summed E-state index contributed by atoms with van der Waals surface area (Å²) >= 11 is 1.72. The van der Waals surface area contributed by atoms with E-state index < -0.39 is 0 Å². The van der Waals surface area contributed by atoms with Crippen molar-refractivity contribution in [1.29, 1.82) is 0 Å². The fraction of sp³-hybridized carbons (Fsp3) is 0. The lowest BCUT2D eigenvalue weighted by Gasteiger charge is -2.14. The van der Waals surface area contributed by atoms with Gasteiger partial charge in [0.2, 0.25) is 0 Å². The topological polar surface area (TPSA) is 64.7 Å². The van der Waals surface area contributed by atoms with E-state index in [0.717, 1.165) is 81.7 Å². The van der Waals surface area contributed by atoms with Crippen LogP contribution in [0.2, 0.25) is 0 Å². The molecule has 0 fully saturated rings. The molecule has 52 heavy (non-hydrogen) atoms. The average molecular weight is 685 g/mol. The molecule has 244 valence electrons. The molecule has 0 N–H and O–H groups in total. The van der Waals surface area contributed by atoms with E-state index in [1.54, 1.807) is 11.3 Å². The number of fused-ring (bicyclic) bond motifs is 4. The predicted molar refractivity (Wildman–Crippen MR) is 213 cm³/mol. The van der Waals surface area contributed by atoms with E-state index in [-0.39, 0.29) is 0 Å². The zero-order valence-electron chi connectivity index (χ0n) is 27.8. The Hall–Kier alpha value is -6.76. The van der Waals surface area contributed by atoms with Gasteiger partial charge in [0.1, 0.15) is 16.2 Å². The molecule has 0 aliphatic rings. The molecular weight excluding hydrogens is 657 g/mol. The molecule has 0 atom stereocenters. The summed E-state index contributed by atoms with van der Waals surface area (Å²) in [5.41, 5.74) is 10.8. The molecule has 3 heterocycles. The minimum absolute atomic E-state index is 0.597. The van der Waals surface area contributed by atoms with Crippen LogP contribution in [-0.4, -0.2) is 19.9 Å². The Morgan fingerprint density at radius 3 is 1.79 bits per heavy atom. The van der Waals surface area contributed by atoms with Gasteiger partial charge >= 0.3 is 0 Å². The van der Waals surface area contributed by atoms with Crippen LogP contribution in [0.4, 0.5) is 0 Å². The number of hydrogen-bond acceptors (Lipinski definition) is 6. The van der Waals surface area contributed by atoms with Gasteiger partial charge in [-0.3, -0.25) is 0 Å². The zero-order chi connectivity index (χ0) is 34.4. The quantitative estimate of drug-likeness (QED) is 0.174. The Balaban J connectivity index is 1.16. The molecule has 0 saturated heterocycles. The van der Waals surface area contributed by atoms with Crippen LogP contribution < -0.4 is 0 Å². The van der Waals surface area contributed by atoms with Crippen molar-refractivity contribution in [2.24, 2.45) is 0 Å². The van der Waals surface area contributed by atoms with Crippen molar-refractivity contribution in [3.63, 3.8) is 0 Å². The molecule has 0 radical (unpaired) electrons. The molecular formula is C46H28N4OS. The lowest BCUT2D eigenvalue weighted by molar-refractivity contribution is 0.669. The Bertz CT molecular complexity index is 2900. The normalized spacial score (nSPS) is 11.5. The highest BCUT2D eigenvalue weighted by molar-refractivity contribution is 7.21. The molecule has 0 spiro atoms. The SMILES string of the molecule is c1ccc(-c2nc(-c3ccc4oc5ccccc5c4c3)nc(-c3ccc(-c4cccc5sc(-c6ccccc6)nc45)cc3-c3ccccc3)n2)cc1. The standard InChI is InChI=1S/C46H28N4OS/c1-4-13-29(14-5-1)37-27-32(34-20-12-22-41-42(34)47-46(52-41)31-17-8-3-9-18-31)23-25-36(37)45-49-43(30-15-6-2-7-16-30)48-44(50-45)33-24-26-40-38(28-33)35-19-10-11-21-39(35)51-40/h1-28H. The molecule has 0 bridgehead atoms. The molecule has 10 rings (SSSR count). The number of para-hydroxylation sites is 2. The summed E-state index contributed by atoms with van der Waals surface area (Å²) < 4.78 is 7.29. The number of nitrogens with zero attached hydrogens (tertiary/aromatic N) is 4. The summed E-state index contributed by atoms with van der Waals surface area (Å²) in [6.45, 7) is 0. The number of hydrogen-bond donors (Lipinski definition) is 0. The van der Waals surface area contributed by atoms with Gasteiger partial charge in [-0.1, -0.05) is 127 Å². The largest absolute Gasteiger partial charge is 0.456 e. The van der Waals surface area contributed by atoms with Gasteiger partial charge in [-0.25, -0.2) is 19.9 Å². The maximum atomic E-state index is 6.14. The van der Waals surface area contributed by atoms with Gasteiger partial charge < -0.3 is 4.42 Å². The smallest absolute Gasteiger partial charge is 0.164 e. The third-order valence-corrected chi connectivity index (χ3v) is 10.5. The van der Waals surface area contributed by atoms with E-state index in [2.05, 4.69) is 97.1 Å². The number of furan rings is 1. The number of thiazole rings is 1. The van der Waals surface area contributed by atoms with Gasteiger partial charge in [-0.05, 0) is 59.2 Å². The van der Waals surface area contributed by atoms with Gasteiger partial charge in [0, 0.05) is 38.6 Å². The van der Waals surface area contributed by atoms with E-state index in [9.17, 15) is 0 Å². The molecule has 3 aromatic heterocycles. The number of benzene rings is 7. The molecule has 5 nitrogen and oxygen atoms in total. The first-order chi connectivity index (χ1) is 25.7. The van der Waals surface area contributed by atoms with Crippen LogP contribution in [0.15, 0.2) is 174 Å². The summed E-state index contributed by atoms with van der Waals surface area (Å²) in [6, 6.07) is 58.1. The minimum Gasteiger partial charge on any atom is -0.456 e. The van der Waals surface area contributed by atoms with Crippen molar-refractivity contribution in [1.82, 2.24) is 19.9 Å². The fourth-order valence-electron chi connectivity index (χ4n) is 6.86. The van der Waals surface area contributed by atoms with Crippen molar-refractivity contribution in [3.8, 4) is 67.0 Å². The molecule has 0 amide bonds. The van der Waals surface area contributed by atoms with Crippen LogP contribution in [0.5, 0.6) is 0 Å². The van der Waals surface area contributed by atoms with Gasteiger partial charge in [0.25, 0.3) is 0 Å². The Morgan fingerprint density at radius 2 is 1.00 bits per heavy atom. The van der Waals surface area contributed by atoms with Crippen LogP contribution >= 0.6 is 11.3 Å². The monoisotopic (exact) mass is 684 g/mol. The van der Waals surface area contributed by atoms with Crippen molar-refractivity contribution in [2.45, 2.75) is 0 Å². The third kappa shape index (κ3) is 5.34. The number of aromatic nitrogens is 4. The lowest BCUT2D eigenvalue weighted by Crippen LogP contribution is -2.01. The maximum absolute atomic E-state index is 6.14. The van der Waals surface area contributed by atoms with Crippen LogP contribution in [0.25, 0.3) is 99.1 Å². The first-order valence-corrected chi connectivity index (χ1v) is 18.0. The van der Waals surface area contributed by atoms with Crippen molar-refractivity contribution in [3.05, 3.63) is 170 Å². The first-order valence-electron chi connectivity index (χ1n) is 17.1. The van der Waals surface area contributed by atoms with Crippen molar-refractivity contribution >= 4 is 43.5 Å². The van der Waals surface area contributed by atoms with Crippen LogP contribution in [0.1, 0.15) is 0 Å². The minimum atomic E-state index is 0.597. The number of rotatable bonds is 6. The molecule has 0 aliphatic heterocycles.